The maximum absolute atomic E-state index is 16.3. The van der Waals surface area contributed by atoms with E-state index in [1.54, 1.807) is 0 Å². The molecule has 0 aliphatic carbocycles. The van der Waals surface area contributed by atoms with Gasteiger partial charge in [0.1, 0.15) is 52.7 Å². The Bertz CT molecular complexity index is 1770. The van der Waals surface area contributed by atoms with Gasteiger partial charge in [-0.05, 0) is 0 Å². The molecule has 0 saturated heterocycles. The van der Waals surface area contributed by atoms with Crippen molar-refractivity contribution in [2.24, 2.45) is 0 Å². The van der Waals surface area contributed by atoms with Crippen LogP contribution in [0.1, 0.15) is 0 Å². The SMILES string of the molecule is COc1c(F)c(F)c(F)c([B-](c2c(F)c(F)c(F)c(OC)c2F)(c2c(F)c(F)c(F)c(OC)c2F)c2c(F)c(F)c(F)c(OC)c2F)c1F.[Na+]. The van der Waals surface area contributed by atoms with Gasteiger partial charge in [-0.3, -0.25) is 0 Å². The van der Waals surface area contributed by atoms with Gasteiger partial charge in [-0.1, -0.05) is 0 Å². The molecule has 4 nitrogen and oxygen atoms in total. The predicted octanol–water partition coefficient (Wildman–Crippen LogP) is 2.33. The minimum absolute atomic E-state index is 0. The molecule has 0 fully saturated rings. The van der Waals surface area contributed by atoms with Gasteiger partial charge in [0.2, 0.25) is 23.3 Å². The molecule has 0 spiro atoms. The van der Waals surface area contributed by atoms with Crippen molar-refractivity contribution in [2.75, 3.05) is 28.4 Å². The molecule has 22 heteroatoms. The van der Waals surface area contributed by atoms with E-state index >= 15 is 52.7 Å². The van der Waals surface area contributed by atoms with Gasteiger partial charge in [0.25, 0.3) is 0 Å². The summed E-state index contributed by atoms with van der Waals surface area (Å²) in [6.07, 6.45) is -6.61. The fourth-order valence-corrected chi connectivity index (χ4v) is 5.62. The summed E-state index contributed by atoms with van der Waals surface area (Å²) in [4.78, 5) is 0. The standard InChI is InChI=1S/C28H12BF16O4.Na/c1-46-25-13(34)5(9(30)17(38)21(25)42)29(6-10(31)18(39)22(43)26(47-2)14(6)35,7-11(32)19(40)23(44)27(48-3)15(7)36)8-12(33)20(41)24(45)28(49-4)16(8)37;/h1-4H3;/q-1;+1. The number of rotatable bonds is 8. The molecule has 0 aliphatic heterocycles. The molecule has 4 aromatic rings. The third-order valence-corrected chi connectivity index (χ3v) is 7.58. The molecule has 0 amide bonds. The molecular formula is C28H12BF16NaO4. The first-order valence-corrected chi connectivity index (χ1v) is 12.6. The monoisotopic (exact) mass is 750 g/mol. The van der Waals surface area contributed by atoms with Crippen LogP contribution in [-0.2, 0) is 0 Å². The van der Waals surface area contributed by atoms with Crippen molar-refractivity contribution in [3.63, 3.8) is 0 Å². The summed E-state index contributed by atoms with van der Waals surface area (Å²) < 4.78 is 266. The number of hydrogen-bond donors (Lipinski definition) is 0. The normalized spacial score (nSPS) is 11.4. The van der Waals surface area contributed by atoms with Gasteiger partial charge >= 0.3 is 29.6 Å². The molecule has 0 aliphatic rings. The molecule has 0 aromatic heterocycles. The number of ether oxygens (including phenoxy) is 4. The Morgan fingerprint density at radius 2 is 0.420 bits per heavy atom. The summed E-state index contributed by atoms with van der Waals surface area (Å²) in [7, 11) is 1.07. The van der Waals surface area contributed by atoms with Crippen LogP contribution in [0.5, 0.6) is 23.0 Å². The van der Waals surface area contributed by atoms with E-state index in [1.807, 2.05) is 0 Å². The van der Waals surface area contributed by atoms with Crippen LogP contribution in [0.15, 0.2) is 0 Å². The Hall–Kier alpha value is -3.98. The van der Waals surface area contributed by atoms with Gasteiger partial charge in [-0.15, -0.1) is 21.9 Å². The van der Waals surface area contributed by atoms with Gasteiger partial charge in [-0.2, -0.15) is 17.6 Å². The van der Waals surface area contributed by atoms with E-state index in [2.05, 4.69) is 18.9 Å². The topological polar surface area (TPSA) is 36.9 Å². The van der Waals surface area contributed by atoms with E-state index in [0.717, 1.165) is 0 Å². The minimum Gasteiger partial charge on any atom is -0.491 e. The van der Waals surface area contributed by atoms with E-state index in [-0.39, 0.29) is 58.0 Å². The maximum atomic E-state index is 16.3. The number of benzene rings is 4. The van der Waals surface area contributed by atoms with Gasteiger partial charge in [-0.25, -0.2) is 52.7 Å². The molecule has 50 heavy (non-hydrogen) atoms. The van der Waals surface area contributed by atoms with Crippen LogP contribution in [0.4, 0.5) is 70.2 Å². The molecule has 264 valence electrons. The van der Waals surface area contributed by atoms with Crippen molar-refractivity contribution in [2.45, 2.75) is 0 Å². The summed E-state index contributed by atoms with van der Waals surface area (Å²) in [5.41, 5.74) is -11.8. The predicted molar refractivity (Wildman–Crippen MR) is 136 cm³/mol. The summed E-state index contributed by atoms with van der Waals surface area (Å²) in [6.45, 7) is 0. The molecule has 0 heterocycles. The van der Waals surface area contributed by atoms with Crippen LogP contribution in [0.2, 0.25) is 0 Å². The number of methoxy groups -OCH3 is 4. The first-order valence-electron chi connectivity index (χ1n) is 12.6. The zero-order chi connectivity index (χ0) is 37.2. The minimum atomic E-state index is -6.61. The van der Waals surface area contributed by atoms with Crippen LogP contribution in [-0.4, -0.2) is 34.6 Å². The van der Waals surface area contributed by atoms with Crippen LogP contribution in [0.3, 0.4) is 0 Å². The maximum Gasteiger partial charge on any atom is 1.00 e. The Morgan fingerprint density at radius 1 is 0.260 bits per heavy atom. The van der Waals surface area contributed by atoms with Crippen molar-refractivity contribution >= 4 is 28.0 Å². The summed E-state index contributed by atoms with van der Waals surface area (Å²) in [5.74, 6) is -57.2. The van der Waals surface area contributed by atoms with Gasteiger partial charge in [0.15, 0.2) is 46.3 Å². The van der Waals surface area contributed by atoms with Crippen molar-refractivity contribution in [3.8, 4) is 23.0 Å². The Kier molecular flexibility index (Phi) is 11.6. The average molecular weight is 750 g/mol. The molecular weight excluding hydrogens is 738 g/mol. The number of halogens is 16. The second-order valence-electron chi connectivity index (χ2n) is 9.68. The fourth-order valence-electron chi connectivity index (χ4n) is 5.62. The first kappa shape index (κ1) is 40.5. The summed E-state index contributed by atoms with van der Waals surface area (Å²) in [6, 6.07) is 0. The fraction of sp³-hybridized carbons (Fsp3) is 0.143. The number of hydrogen-bond acceptors (Lipinski definition) is 4. The summed E-state index contributed by atoms with van der Waals surface area (Å²) >= 11 is 0. The second-order valence-corrected chi connectivity index (χ2v) is 9.68. The van der Waals surface area contributed by atoms with Gasteiger partial charge < -0.3 is 18.9 Å². The molecule has 4 rings (SSSR count). The van der Waals surface area contributed by atoms with E-state index in [4.69, 9.17) is 0 Å². The van der Waals surface area contributed by atoms with Crippen LogP contribution in [0, 0.1) is 93.1 Å². The van der Waals surface area contributed by atoms with Crippen molar-refractivity contribution in [3.05, 3.63) is 93.1 Å². The molecule has 0 saturated carbocycles. The third kappa shape index (κ3) is 5.30. The zero-order valence-corrected chi connectivity index (χ0v) is 27.3. The first-order chi connectivity index (χ1) is 22.9. The van der Waals surface area contributed by atoms with Crippen LogP contribution < -0.4 is 70.4 Å². The van der Waals surface area contributed by atoms with E-state index in [1.165, 1.54) is 0 Å². The van der Waals surface area contributed by atoms with Crippen molar-refractivity contribution in [1.82, 2.24) is 0 Å². The van der Waals surface area contributed by atoms with E-state index in [9.17, 15) is 17.6 Å². The Labute approximate surface area is 290 Å². The molecule has 0 radical (unpaired) electrons. The van der Waals surface area contributed by atoms with Crippen molar-refractivity contribution < 1.29 is 119 Å². The van der Waals surface area contributed by atoms with Crippen LogP contribution >= 0.6 is 0 Å². The molecule has 0 atom stereocenters. The molecule has 4 aromatic carbocycles. The smallest absolute Gasteiger partial charge is 0.491 e. The largest absolute Gasteiger partial charge is 1.00 e. The van der Waals surface area contributed by atoms with Gasteiger partial charge in [0, 0.05) is 0 Å². The van der Waals surface area contributed by atoms with E-state index < -0.39 is 144 Å². The van der Waals surface area contributed by atoms with Crippen molar-refractivity contribution in [1.29, 1.82) is 0 Å². The second kappa shape index (κ2) is 14.3. The molecule has 0 bridgehead atoms. The van der Waals surface area contributed by atoms with E-state index in [0.29, 0.717) is 0 Å². The van der Waals surface area contributed by atoms with Crippen LogP contribution in [0.25, 0.3) is 0 Å². The van der Waals surface area contributed by atoms with Gasteiger partial charge in [0.05, 0.1) is 28.4 Å². The Balaban J connectivity index is 0.00000676. The molecule has 0 N–H and O–H groups in total. The summed E-state index contributed by atoms with van der Waals surface area (Å²) in [5, 5.41) is 0. The zero-order valence-electron chi connectivity index (χ0n) is 25.3. The molecule has 0 unspecified atom stereocenters. The Morgan fingerprint density at radius 3 is 0.560 bits per heavy atom. The third-order valence-electron chi connectivity index (χ3n) is 7.58. The quantitative estimate of drug-likeness (QED) is 0.120. The average Bonchev–Trinajstić information content (AvgIpc) is 3.05.